The minimum absolute atomic E-state index is 0.0217. The first-order valence-electron chi connectivity index (χ1n) is 4.76. The molecule has 15 heavy (non-hydrogen) atoms. The van der Waals surface area contributed by atoms with E-state index in [1.54, 1.807) is 18.2 Å². The summed E-state index contributed by atoms with van der Waals surface area (Å²) in [6.45, 7) is 3.81. The van der Waals surface area contributed by atoms with Crippen LogP contribution < -0.4 is 10.5 Å². The first-order chi connectivity index (χ1) is 6.99. The molecule has 0 bridgehead atoms. The molecule has 0 aliphatic heterocycles. The summed E-state index contributed by atoms with van der Waals surface area (Å²) in [6, 6.07) is 5.04. The van der Waals surface area contributed by atoms with Gasteiger partial charge in [-0.1, -0.05) is 6.07 Å². The maximum absolute atomic E-state index is 10.5. The van der Waals surface area contributed by atoms with Crippen molar-refractivity contribution in [1.29, 1.82) is 0 Å². The van der Waals surface area contributed by atoms with Gasteiger partial charge >= 0.3 is 5.97 Å². The summed E-state index contributed by atoms with van der Waals surface area (Å²) in [5, 5.41) is 8.60. The zero-order valence-electron chi connectivity index (χ0n) is 8.86. The van der Waals surface area contributed by atoms with Crippen molar-refractivity contribution in [2.45, 2.75) is 26.4 Å². The topological polar surface area (TPSA) is 72.5 Å². The summed E-state index contributed by atoms with van der Waals surface area (Å²) >= 11 is 0. The summed E-state index contributed by atoms with van der Waals surface area (Å²) in [4.78, 5) is 10.5. The fourth-order valence-electron chi connectivity index (χ4n) is 1.24. The van der Waals surface area contributed by atoms with Crippen LogP contribution in [0.2, 0.25) is 0 Å². The van der Waals surface area contributed by atoms with Gasteiger partial charge in [-0.05, 0) is 31.5 Å². The molecular weight excluding hydrogens is 194 g/mol. The van der Waals surface area contributed by atoms with E-state index in [-0.39, 0.29) is 12.5 Å². The second-order valence-electron chi connectivity index (χ2n) is 3.61. The van der Waals surface area contributed by atoms with Gasteiger partial charge in [0.05, 0.1) is 18.2 Å². The van der Waals surface area contributed by atoms with Crippen LogP contribution in [0.25, 0.3) is 0 Å². The maximum atomic E-state index is 10.5. The summed E-state index contributed by atoms with van der Waals surface area (Å²) < 4.78 is 5.43. The van der Waals surface area contributed by atoms with Gasteiger partial charge in [0.2, 0.25) is 0 Å². The van der Waals surface area contributed by atoms with Crippen molar-refractivity contribution in [3.8, 4) is 5.75 Å². The average Bonchev–Trinajstić information content (AvgIpc) is 2.08. The molecule has 0 radical (unpaired) electrons. The SMILES string of the molecule is CC(C)Oc1ccc(CC(=O)O)cc1N. The van der Waals surface area contributed by atoms with E-state index in [4.69, 9.17) is 15.6 Å². The molecule has 1 aromatic rings. The number of hydrogen-bond acceptors (Lipinski definition) is 3. The van der Waals surface area contributed by atoms with E-state index >= 15 is 0 Å². The summed E-state index contributed by atoms with van der Waals surface area (Å²) in [7, 11) is 0. The van der Waals surface area contributed by atoms with Crippen LogP contribution >= 0.6 is 0 Å². The third-order valence-corrected chi connectivity index (χ3v) is 1.79. The Hall–Kier alpha value is -1.71. The summed E-state index contributed by atoms with van der Waals surface area (Å²) in [5.41, 5.74) is 6.88. The molecular formula is C11H15NO3. The van der Waals surface area contributed by atoms with Gasteiger partial charge < -0.3 is 15.6 Å². The second kappa shape index (κ2) is 4.68. The van der Waals surface area contributed by atoms with Crippen LogP contribution in [0.4, 0.5) is 5.69 Å². The van der Waals surface area contributed by atoms with E-state index in [0.29, 0.717) is 17.0 Å². The highest BCUT2D eigenvalue weighted by molar-refractivity contribution is 5.71. The molecule has 0 aliphatic carbocycles. The van der Waals surface area contributed by atoms with E-state index in [1.807, 2.05) is 13.8 Å². The molecule has 0 heterocycles. The number of hydrogen-bond donors (Lipinski definition) is 2. The van der Waals surface area contributed by atoms with E-state index in [0.717, 1.165) is 0 Å². The van der Waals surface area contributed by atoms with Gasteiger partial charge in [0.1, 0.15) is 5.75 Å². The fourth-order valence-corrected chi connectivity index (χ4v) is 1.24. The highest BCUT2D eigenvalue weighted by Gasteiger charge is 2.06. The highest BCUT2D eigenvalue weighted by atomic mass is 16.5. The number of carbonyl (C=O) groups is 1. The van der Waals surface area contributed by atoms with Gasteiger partial charge in [-0.2, -0.15) is 0 Å². The molecule has 0 atom stereocenters. The van der Waals surface area contributed by atoms with Crippen LogP contribution in [-0.4, -0.2) is 17.2 Å². The Morgan fingerprint density at radius 3 is 2.67 bits per heavy atom. The van der Waals surface area contributed by atoms with Gasteiger partial charge in [0.25, 0.3) is 0 Å². The molecule has 0 saturated heterocycles. The third-order valence-electron chi connectivity index (χ3n) is 1.79. The van der Waals surface area contributed by atoms with Gasteiger partial charge in [0, 0.05) is 0 Å². The number of carboxylic acid groups (broad SMARTS) is 1. The standard InChI is InChI=1S/C11H15NO3/c1-7(2)15-10-4-3-8(5-9(10)12)6-11(13)14/h3-5,7H,6,12H2,1-2H3,(H,13,14). The summed E-state index contributed by atoms with van der Waals surface area (Å²) in [5.74, 6) is -0.272. The van der Waals surface area contributed by atoms with Crippen molar-refractivity contribution in [2.75, 3.05) is 5.73 Å². The van der Waals surface area contributed by atoms with Gasteiger partial charge in [-0.25, -0.2) is 0 Å². The quantitative estimate of drug-likeness (QED) is 0.740. The van der Waals surface area contributed by atoms with Gasteiger partial charge in [0.15, 0.2) is 0 Å². The van der Waals surface area contributed by atoms with Crippen molar-refractivity contribution < 1.29 is 14.6 Å². The smallest absolute Gasteiger partial charge is 0.307 e. The monoisotopic (exact) mass is 209 g/mol. The van der Waals surface area contributed by atoms with Crippen LogP contribution in [0.1, 0.15) is 19.4 Å². The third kappa shape index (κ3) is 3.50. The molecule has 0 aromatic heterocycles. The molecule has 0 aliphatic rings. The Kier molecular flexibility index (Phi) is 3.55. The van der Waals surface area contributed by atoms with Crippen LogP contribution in [0, 0.1) is 0 Å². The maximum Gasteiger partial charge on any atom is 0.307 e. The Balaban J connectivity index is 2.83. The molecule has 4 heteroatoms. The van der Waals surface area contributed by atoms with E-state index in [2.05, 4.69) is 0 Å². The molecule has 0 saturated carbocycles. The van der Waals surface area contributed by atoms with Crippen molar-refractivity contribution in [3.63, 3.8) is 0 Å². The summed E-state index contributed by atoms with van der Waals surface area (Å²) in [6.07, 6.45) is 0.0317. The zero-order valence-corrected chi connectivity index (χ0v) is 8.86. The zero-order chi connectivity index (χ0) is 11.4. The number of anilines is 1. The lowest BCUT2D eigenvalue weighted by Gasteiger charge is -2.12. The number of nitrogens with two attached hydrogens (primary N) is 1. The lowest BCUT2D eigenvalue weighted by atomic mass is 10.1. The molecule has 0 amide bonds. The first kappa shape index (κ1) is 11.4. The predicted octanol–water partition coefficient (Wildman–Crippen LogP) is 1.68. The number of nitrogen functional groups attached to an aromatic ring is 1. The molecule has 0 spiro atoms. The Bertz CT molecular complexity index is 361. The minimum Gasteiger partial charge on any atom is -0.489 e. The number of benzene rings is 1. The largest absolute Gasteiger partial charge is 0.489 e. The molecule has 4 nitrogen and oxygen atoms in total. The molecule has 3 N–H and O–H groups in total. The molecule has 82 valence electrons. The average molecular weight is 209 g/mol. The van der Waals surface area contributed by atoms with Crippen LogP contribution in [0.5, 0.6) is 5.75 Å². The first-order valence-corrected chi connectivity index (χ1v) is 4.76. The normalized spacial score (nSPS) is 10.3. The number of aliphatic carboxylic acids is 1. The van der Waals surface area contributed by atoms with E-state index < -0.39 is 5.97 Å². The Morgan fingerprint density at radius 1 is 1.53 bits per heavy atom. The predicted molar refractivity (Wildman–Crippen MR) is 58.0 cm³/mol. The molecule has 1 rings (SSSR count). The van der Waals surface area contributed by atoms with Crippen LogP contribution in [-0.2, 0) is 11.2 Å². The van der Waals surface area contributed by atoms with Gasteiger partial charge in [-0.15, -0.1) is 0 Å². The molecule has 1 aromatic carbocycles. The van der Waals surface area contributed by atoms with Crippen molar-refractivity contribution in [3.05, 3.63) is 23.8 Å². The lowest BCUT2D eigenvalue weighted by molar-refractivity contribution is -0.136. The van der Waals surface area contributed by atoms with Crippen LogP contribution in [0.15, 0.2) is 18.2 Å². The number of carboxylic acids is 1. The van der Waals surface area contributed by atoms with Crippen molar-refractivity contribution >= 4 is 11.7 Å². The van der Waals surface area contributed by atoms with E-state index in [9.17, 15) is 4.79 Å². The highest BCUT2D eigenvalue weighted by Crippen LogP contribution is 2.23. The van der Waals surface area contributed by atoms with E-state index in [1.165, 1.54) is 0 Å². The van der Waals surface area contributed by atoms with Crippen molar-refractivity contribution in [1.82, 2.24) is 0 Å². The Labute approximate surface area is 88.7 Å². The van der Waals surface area contributed by atoms with Crippen LogP contribution in [0.3, 0.4) is 0 Å². The number of ether oxygens (including phenoxy) is 1. The lowest BCUT2D eigenvalue weighted by Crippen LogP contribution is -2.08. The Morgan fingerprint density at radius 2 is 2.20 bits per heavy atom. The minimum atomic E-state index is -0.869. The second-order valence-corrected chi connectivity index (χ2v) is 3.61. The molecule has 0 unspecified atom stereocenters. The van der Waals surface area contributed by atoms with Crippen molar-refractivity contribution in [2.24, 2.45) is 0 Å². The fraction of sp³-hybridized carbons (Fsp3) is 0.364. The van der Waals surface area contributed by atoms with Gasteiger partial charge in [-0.3, -0.25) is 4.79 Å². The number of rotatable bonds is 4. The molecule has 0 fully saturated rings.